The van der Waals surface area contributed by atoms with Crippen molar-refractivity contribution in [2.45, 2.75) is 39.8 Å². The van der Waals surface area contributed by atoms with Gasteiger partial charge >= 0.3 is 5.97 Å². The van der Waals surface area contributed by atoms with E-state index in [1.165, 1.54) is 17.7 Å². The van der Waals surface area contributed by atoms with Crippen molar-refractivity contribution in [3.8, 4) is 5.69 Å². The molecular weight excluding hydrogens is 326 g/mol. The molecule has 0 aliphatic carbocycles. The fraction of sp³-hybridized carbons (Fsp3) is 0.476. The zero-order valence-electron chi connectivity index (χ0n) is 16.4. The van der Waals surface area contributed by atoms with Crippen LogP contribution < -0.4 is 0 Å². The Morgan fingerprint density at radius 3 is 2.58 bits per heavy atom. The number of aryl methyl sites for hydroxylation is 2. The van der Waals surface area contributed by atoms with Crippen LogP contribution in [0.5, 0.6) is 0 Å². The van der Waals surface area contributed by atoms with Crippen LogP contribution in [0.3, 0.4) is 0 Å². The van der Waals surface area contributed by atoms with Crippen molar-refractivity contribution in [2.75, 3.05) is 27.2 Å². The first-order chi connectivity index (χ1) is 12.3. The van der Waals surface area contributed by atoms with Gasteiger partial charge in [-0.15, -0.1) is 0 Å². The molecule has 2 heterocycles. The quantitative estimate of drug-likeness (QED) is 0.895. The molecule has 1 saturated heterocycles. The Hall–Kier alpha value is -2.11. The van der Waals surface area contributed by atoms with E-state index in [0.717, 1.165) is 36.6 Å². The van der Waals surface area contributed by atoms with E-state index in [0.29, 0.717) is 11.6 Å². The molecule has 1 aromatic heterocycles. The molecule has 1 aliphatic heterocycles. The molecule has 3 rings (SSSR count). The molecule has 1 fully saturated rings. The molecule has 0 amide bonds. The van der Waals surface area contributed by atoms with Crippen LogP contribution in [0.1, 0.15) is 39.3 Å². The van der Waals surface area contributed by atoms with E-state index in [1.807, 2.05) is 13.0 Å². The Morgan fingerprint density at radius 1 is 1.23 bits per heavy atom. The van der Waals surface area contributed by atoms with Crippen molar-refractivity contribution in [2.24, 2.45) is 0 Å². The summed E-state index contributed by atoms with van der Waals surface area (Å²) in [5.41, 5.74) is 6.03. The molecule has 1 atom stereocenters. The van der Waals surface area contributed by atoms with Gasteiger partial charge in [0.25, 0.3) is 0 Å². The van der Waals surface area contributed by atoms with Crippen LogP contribution in [0, 0.1) is 20.8 Å². The monoisotopic (exact) mass is 355 g/mol. The van der Waals surface area contributed by atoms with Gasteiger partial charge in [-0.2, -0.15) is 0 Å². The molecule has 1 unspecified atom stereocenters. The van der Waals surface area contributed by atoms with E-state index in [2.05, 4.69) is 48.4 Å². The summed E-state index contributed by atoms with van der Waals surface area (Å²) in [6, 6.07) is 8.21. The number of benzene rings is 1. The van der Waals surface area contributed by atoms with Gasteiger partial charge in [0.05, 0.1) is 5.56 Å². The van der Waals surface area contributed by atoms with Crippen LogP contribution in [0.25, 0.3) is 5.69 Å². The Labute approximate surface area is 155 Å². The fourth-order valence-electron chi connectivity index (χ4n) is 3.96. The van der Waals surface area contributed by atoms with Crippen molar-refractivity contribution < 1.29 is 9.90 Å². The summed E-state index contributed by atoms with van der Waals surface area (Å²) in [6.07, 6.45) is 1.21. The number of nitrogens with zero attached hydrogens (tertiary/aromatic N) is 3. The average Bonchev–Trinajstić information content (AvgIpc) is 3.14. The van der Waals surface area contributed by atoms with Crippen LogP contribution in [0.4, 0.5) is 0 Å². The van der Waals surface area contributed by atoms with Crippen LogP contribution in [0.15, 0.2) is 24.3 Å². The van der Waals surface area contributed by atoms with Gasteiger partial charge in [-0.3, -0.25) is 4.90 Å². The lowest BCUT2D eigenvalue weighted by Crippen LogP contribution is -2.31. The van der Waals surface area contributed by atoms with E-state index < -0.39 is 5.97 Å². The fourth-order valence-corrected chi connectivity index (χ4v) is 3.96. The van der Waals surface area contributed by atoms with Crippen molar-refractivity contribution >= 4 is 5.97 Å². The van der Waals surface area contributed by atoms with Crippen molar-refractivity contribution in [1.29, 1.82) is 0 Å². The number of aromatic carboxylic acids is 1. The maximum Gasteiger partial charge on any atom is 0.335 e. The molecule has 1 aliphatic rings. The summed E-state index contributed by atoms with van der Waals surface area (Å²) in [5.74, 6) is -0.888. The van der Waals surface area contributed by atoms with E-state index in [4.69, 9.17) is 0 Å². The maximum absolute atomic E-state index is 11.4. The third kappa shape index (κ3) is 3.55. The summed E-state index contributed by atoms with van der Waals surface area (Å²) in [5, 5.41) is 9.33. The van der Waals surface area contributed by atoms with Crippen molar-refractivity contribution in [1.82, 2.24) is 14.4 Å². The molecule has 0 spiro atoms. The number of hydrogen-bond donors (Lipinski definition) is 1. The van der Waals surface area contributed by atoms with Gasteiger partial charge in [0.2, 0.25) is 0 Å². The summed E-state index contributed by atoms with van der Waals surface area (Å²) in [7, 11) is 4.30. The number of likely N-dealkylation sites (tertiary alicyclic amines) is 1. The third-order valence-electron chi connectivity index (χ3n) is 5.60. The number of carbonyl (C=O) groups is 1. The second kappa shape index (κ2) is 7.25. The van der Waals surface area contributed by atoms with Gasteiger partial charge in [-0.25, -0.2) is 4.79 Å². The lowest BCUT2D eigenvalue weighted by atomic mass is 10.1. The topological polar surface area (TPSA) is 48.7 Å². The zero-order valence-corrected chi connectivity index (χ0v) is 16.4. The van der Waals surface area contributed by atoms with E-state index in [1.54, 1.807) is 12.1 Å². The van der Waals surface area contributed by atoms with Gasteiger partial charge in [-0.1, -0.05) is 6.07 Å². The van der Waals surface area contributed by atoms with Gasteiger partial charge in [0, 0.05) is 42.8 Å². The summed E-state index contributed by atoms with van der Waals surface area (Å²) in [4.78, 5) is 16.2. The summed E-state index contributed by atoms with van der Waals surface area (Å²) in [6.45, 7) is 9.43. The number of aromatic nitrogens is 1. The molecular formula is C21H29N3O2. The molecule has 26 heavy (non-hydrogen) atoms. The molecule has 140 valence electrons. The van der Waals surface area contributed by atoms with Gasteiger partial charge in [0.1, 0.15) is 0 Å². The summed E-state index contributed by atoms with van der Waals surface area (Å²) >= 11 is 0. The average molecular weight is 355 g/mol. The SMILES string of the molecule is Cc1ccc(C(=O)O)cc1-n1c(C)cc(CN2CCC(N(C)C)C2)c1C. The zero-order chi connectivity index (χ0) is 19.0. The normalized spacial score (nSPS) is 18.0. The molecule has 1 aromatic carbocycles. The number of carboxylic acid groups (broad SMARTS) is 1. The number of carboxylic acids is 1. The largest absolute Gasteiger partial charge is 0.478 e. The molecule has 2 aromatic rings. The molecule has 1 N–H and O–H groups in total. The lowest BCUT2D eigenvalue weighted by molar-refractivity contribution is 0.0697. The Balaban J connectivity index is 1.90. The second-order valence-electron chi connectivity index (χ2n) is 7.68. The minimum absolute atomic E-state index is 0.327. The van der Waals surface area contributed by atoms with Gasteiger partial charge in [0.15, 0.2) is 0 Å². The van der Waals surface area contributed by atoms with Crippen molar-refractivity contribution in [3.05, 3.63) is 52.3 Å². The first-order valence-corrected chi connectivity index (χ1v) is 9.19. The highest BCUT2D eigenvalue weighted by Crippen LogP contribution is 2.26. The maximum atomic E-state index is 11.4. The Kier molecular flexibility index (Phi) is 5.21. The van der Waals surface area contributed by atoms with Gasteiger partial charge < -0.3 is 14.6 Å². The third-order valence-corrected chi connectivity index (χ3v) is 5.60. The molecule has 0 bridgehead atoms. The highest BCUT2D eigenvalue weighted by molar-refractivity contribution is 5.88. The molecule has 0 saturated carbocycles. The summed E-state index contributed by atoms with van der Waals surface area (Å²) < 4.78 is 2.19. The minimum atomic E-state index is -0.888. The molecule has 5 nitrogen and oxygen atoms in total. The smallest absolute Gasteiger partial charge is 0.335 e. The van der Waals surface area contributed by atoms with Crippen LogP contribution in [-0.2, 0) is 6.54 Å². The number of likely N-dealkylation sites (N-methyl/N-ethyl adjacent to an activating group) is 1. The van der Waals surface area contributed by atoms with Crippen molar-refractivity contribution in [3.63, 3.8) is 0 Å². The highest BCUT2D eigenvalue weighted by Gasteiger charge is 2.25. The first kappa shape index (κ1) is 18.7. The highest BCUT2D eigenvalue weighted by atomic mass is 16.4. The van der Waals surface area contributed by atoms with E-state index in [9.17, 15) is 9.90 Å². The molecule has 0 radical (unpaired) electrons. The number of rotatable bonds is 5. The van der Waals surface area contributed by atoms with Crippen LogP contribution >= 0.6 is 0 Å². The predicted molar refractivity (Wildman–Crippen MR) is 104 cm³/mol. The van der Waals surface area contributed by atoms with Crippen LogP contribution in [-0.4, -0.2) is 58.7 Å². The predicted octanol–water partition coefficient (Wildman–Crippen LogP) is 3.24. The first-order valence-electron chi connectivity index (χ1n) is 9.19. The van der Waals surface area contributed by atoms with E-state index in [-0.39, 0.29) is 0 Å². The Morgan fingerprint density at radius 2 is 1.96 bits per heavy atom. The standard InChI is InChI=1S/C21H29N3O2/c1-14-6-7-17(21(25)26)11-20(14)24-15(2)10-18(16(24)3)12-23-9-8-19(13-23)22(4)5/h6-7,10-11,19H,8-9,12-13H2,1-5H3,(H,25,26). The van der Waals surface area contributed by atoms with E-state index >= 15 is 0 Å². The van der Waals surface area contributed by atoms with Crippen LogP contribution in [0.2, 0.25) is 0 Å². The van der Waals surface area contributed by atoms with Gasteiger partial charge in [-0.05, 0) is 70.6 Å². The molecule has 5 heteroatoms. The lowest BCUT2D eigenvalue weighted by Gasteiger charge is -2.20. The number of hydrogen-bond acceptors (Lipinski definition) is 3. The minimum Gasteiger partial charge on any atom is -0.478 e. The second-order valence-corrected chi connectivity index (χ2v) is 7.68. The Bertz CT molecular complexity index is 823.